The molecule has 8 heteroatoms. The third-order valence-corrected chi connectivity index (χ3v) is 6.26. The fraction of sp³-hybridized carbons (Fsp3) is 0.367. The van der Waals surface area contributed by atoms with Crippen LogP contribution in [0.3, 0.4) is 0 Å². The molecule has 2 aromatic carbocycles. The van der Waals surface area contributed by atoms with Crippen LogP contribution in [0.2, 0.25) is 0 Å². The van der Waals surface area contributed by atoms with Crippen LogP contribution in [0.5, 0.6) is 11.5 Å². The van der Waals surface area contributed by atoms with Crippen LogP contribution in [0.1, 0.15) is 63.6 Å². The van der Waals surface area contributed by atoms with Crippen LogP contribution in [0, 0.1) is 0 Å². The number of rotatable bonds is 14. The molecular formula is C30H36N2O6. The van der Waals surface area contributed by atoms with Crippen LogP contribution in [-0.4, -0.2) is 41.1 Å². The maximum atomic E-state index is 13.5. The second-order valence-electron chi connectivity index (χ2n) is 9.51. The molecule has 0 spiro atoms. The van der Waals surface area contributed by atoms with E-state index in [1.807, 2.05) is 45.0 Å². The van der Waals surface area contributed by atoms with E-state index in [2.05, 4.69) is 17.4 Å². The van der Waals surface area contributed by atoms with Crippen molar-refractivity contribution in [3.8, 4) is 11.5 Å². The maximum absolute atomic E-state index is 13.5. The van der Waals surface area contributed by atoms with Crippen LogP contribution in [0.15, 0.2) is 72.0 Å². The van der Waals surface area contributed by atoms with Crippen molar-refractivity contribution in [2.24, 2.45) is 0 Å². The third-order valence-electron chi connectivity index (χ3n) is 6.26. The Morgan fingerprint density at radius 2 is 1.84 bits per heavy atom. The largest absolute Gasteiger partial charge is 0.481 e. The van der Waals surface area contributed by atoms with Gasteiger partial charge >= 0.3 is 5.97 Å². The molecule has 3 rings (SSSR count). The number of aliphatic carboxylic acids is 1. The SMILES string of the molecule is CCCCC(C(=O)N[C@@H](CC(=O)O)c1ccc2c(c1)OCO2)N(C=O)/C=C(C)\C=C(/C)Cc1ccccc1. The van der Waals surface area contributed by atoms with Gasteiger partial charge in [-0.15, -0.1) is 0 Å². The molecule has 2 amide bonds. The molecule has 202 valence electrons. The number of hydrogen-bond acceptors (Lipinski definition) is 5. The minimum atomic E-state index is -1.06. The van der Waals surface area contributed by atoms with E-state index in [1.165, 1.54) is 10.5 Å². The summed E-state index contributed by atoms with van der Waals surface area (Å²) in [7, 11) is 0. The lowest BCUT2D eigenvalue weighted by molar-refractivity contribution is -0.138. The quantitative estimate of drug-likeness (QED) is 0.263. The summed E-state index contributed by atoms with van der Waals surface area (Å²) >= 11 is 0. The van der Waals surface area contributed by atoms with Gasteiger partial charge in [0, 0.05) is 6.20 Å². The fourth-order valence-corrected chi connectivity index (χ4v) is 4.46. The molecule has 0 bridgehead atoms. The minimum Gasteiger partial charge on any atom is -0.481 e. The molecular weight excluding hydrogens is 484 g/mol. The van der Waals surface area contributed by atoms with Gasteiger partial charge in [-0.1, -0.05) is 67.8 Å². The first kappa shape index (κ1) is 28.5. The average Bonchev–Trinajstić information content (AvgIpc) is 3.36. The molecule has 2 N–H and O–H groups in total. The van der Waals surface area contributed by atoms with Crippen molar-refractivity contribution in [3.63, 3.8) is 0 Å². The summed E-state index contributed by atoms with van der Waals surface area (Å²) in [6.45, 7) is 6.02. The molecule has 0 saturated heterocycles. The zero-order valence-corrected chi connectivity index (χ0v) is 22.2. The highest BCUT2D eigenvalue weighted by atomic mass is 16.7. The summed E-state index contributed by atoms with van der Waals surface area (Å²) in [4.78, 5) is 38.6. The molecule has 0 fully saturated rings. The number of fused-ring (bicyclic) bond motifs is 1. The van der Waals surface area contributed by atoms with E-state index >= 15 is 0 Å². The number of carbonyl (C=O) groups excluding carboxylic acids is 2. The van der Waals surface area contributed by atoms with Crippen LogP contribution < -0.4 is 14.8 Å². The topological polar surface area (TPSA) is 105 Å². The predicted molar refractivity (Wildman–Crippen MR) is 145 cm³/mol. The Bertz CT molecular complexity index is 1170. The smallest absolute Gasteiger partial charge is 0.305 e. The highest BCUT2D eigenvalue weighted by Crippen LogP contribution is 2.35. The molecule has 38 heavy (non-hydrogen) atoms. The fourth-order valence-electron chi connectivity index (χ4n) is 4.46. The van der Waals surface area contributed by atoms with E-state index in [9.17, 15) is 19.5 Å². The van der Waals surface area contributed by atoms with E-state index < -0.39 is 24.0 Å². The maximum Gasteiger partial charge on any atom is 0.305 e. The lowest BCUT2D eigenvalue weighted by Gasteiger charge is -2.27. The van der Waals surface area contributed by atoms with E-state index in [0.717, 1.165) is 30.4 Å². The van der Waals surface area contributed by atoms with Gasteiger partial charge in [0.2, 0.25) is 19.1 Å². The Balaban J connectivity index is 1.80. The van der Waals surface area contributed by atoms with Crippen molar-refractivity contribution >= 4 is 18.3 Å². The van der Waals surface area contributed by atoms with Gasteiger partial charge in [-0.2, -0.15) is 0 Å². The van der Waals surface area contributed by atoms with Crippen molar-refractivity contribution in [1.29, 1.82) is 0 Å². The predicted octanol–water partition coefficient (Wildman–Crippen LogP) is 5.16. The first-order valence-electron chi connectivity index (χ1n) is 12.8. The first-order chi connectivity index (χ1) is 18.3. The summed E-state index contributed by atoms with van der Waals surface area (Å²) in [5.41, 5.74) is 3.73. The summed E-state index contributed by atoms with van der Waals surface area (Å²) < 4.78 is 10.8. The zero-order valence-electron chi connectivity index (χ0n) is 22.2. The Labute approximate surface area is 223 Å². The second kappa shape index (κ2) is 14.0. The molecule has 2 atom stereocenters. The van der Waals surface area contributed by atoms with E-state index in [-0.39, 0.29) is 13.2 Å². The molecule has 1 heterocycles. The van der Waals surface area contributed by atoms with Gasteiger partial charge in [-0.05, 0) is 55.5 Å². The van der Waals surface area contributed by atoms with E-state index in [1.54, 1.807) is 24.4 Å². The first-order valence-corrected chi connectivity index (χ1v) is 12.8. The summed E-state index contributed by atoms with van der Waals surface area (Å²) in [6.07, 6.45) is 6.80. The molecule has 2 aromatic rings. The number of amides is 2. The number of ether oxygens (including phenoxy) is 2. The highest BCUT2D eigenvalue weighted by molar-refractivity contribution is 5.85. The number of benzene rings is 2. The van der Waals surface area contributed by atoms with Gasteiger partial charge in [0.25, 0.3) is 0 Å². The van der Waals surface area contributed by atoms with Gasteiger partial charge in [-0.25, -0.2) is 0 Å². The second-order valence-corrected chi connectivity index (χ2v) is 9.51. The molecule has 0 saturated carbocycles. The third kappa shape index (κ3) is 8.23. The number of hydrogen-bond donors (Lipinski definition) is 2. The lowest BCUT2D eigenvalue weighted by atomic mass is 10.0. The summed E-state index contributed by atoms with van der Waals surface area (Å²) in [5, 5.41) is 12.4. The lowest BCUT2D eigenvalue weighted by Crippen LogP contribution is -2.45. The number of unbranched alkanes of at least 4 members (excludes halogenated alkanes) is 1. The molecule has 0 aromatic heterocycles. The minimum absolute atomic E-state index is 0.0904. The Kier molecular flexibility index (Phi) is 10.5. The van der Waals surface area contributed by atoms with E-state index in [0.29, 0.717) is 29.9 Å². The van der Waals surface area contributed by atoms with Gasteiger partial charge in [-0.3, -0.25) is 14.4 Å². The van der Waals surface area contributed by atoms with Crippen LogP contribution >= 0.6 is 0 Å². The molecule has 1 aliphatic rings. The Hall–Kier alpha value is -4.07. The molecule has 1 aliphatic heterocycles. The van der Waals surface area contributed by atoms with Crippen LogP contribution in [-0.2, 0) is 20.8 Å². The van der Waals surface area contributed by atoms with Crippen molar-refractivity contribution in [1.82, 2.24) is 10.2 Å². The van der Waals surface area contributed by atoms with Crippen LogP contribution in [0.25, 0.3) is 0 Å². The number of allylic oxidation sites excluding steroid dienone is 3. The molecule has 8 nitrogen and oxygen atoms in total. The zero-order chi connectivity index (χ0) is 27.5. The van der Waals surface area contributed by atoms with E-state index in [4.69, 9.17) is 9.47 Å². The van der Waals surface area contributed by atoms with Crippen molar-refractivity contribution < 1.29 is 29.0 Å². The molecule has 0 aliphatic carbocycles. The van der Waals surface area contributed by atoms with Gasteiger partial charge in [0.15, 0.2) is 11.5 Å². The average molecular weight is 521 g/mol. The number of carboxylic acid groups (broad SMARTS) is 1. The number of nitrogens with one attached hydrogen (secondary N) is 1. The standard InChI is InChI=1S/C30H36N2O6/c1-4-5-11-26(32(19-33)18-22(3)14-21(2)15-23-9-7-6-8-10-23)30(36)31-25(17-29(34)35)24-12-13-27-28(16-24)38-20-37-27/h6-10,12-14,16,18-19,25-26H,4-5,11,15,17,20H2,1-3H3,(H,31,36)(H,34,35)/b21-14+,22-18-/t25-,26?/m0/s1. The number of nitrogens with zero attached hydrogens (tertiary/aromatic N) is 1. The highest BCUT2D eigenvalue weighted by Gasteiger charge is 2.28. The number of carbonyl (C=O) groups is 3. The van der Waals surface area contributed by atoms with Gasteiger partial charge < -0.3 is 24.8 Å². The summed E-state index contributed by atoms with van der Waals surface area (Å²) in [6, 6.07) is 13.6. The van der Waals surface area contributed by atoms with Crippen molar-refractivity contribution in [3.05, 3.63) is 83.1 Å². The normalized spacial score (nSPS) is 14.5. The Morgan fingerprint density at radius 3 is 2.53 bits per heavy atom. The van der Waals surface area contributed by atoms with Crippen molar-refractivity contribution in [2.45, 2.75) is 65.0 Å². The van der Waals surface area contributed by atoms with Gasteiger partial charge in [0.05, 0.1) is 12.5 Å². The number of carboxylic acids is 1. The van der Waals surface area contributed by atoms with Crippen molar-refractivity contribution in [2.75, 3.05) is 6.79 Å². The Morgan fingerprint density at radius 1 is 1.11 bits per heavy atom. The van der Waals surface area contributed by atoms with Gasteiger partial charge in [0.1, 0.15) is 6.04 Å². The molecule has 0 radical (unpaired) electrons. The monoisotopic (exact) mass is 520 g/mol. The van der Waals surface area contributed by atoms with Crippen LogP contribution in [0.4, 0.5) is 0 Å². The summed E-state index contributed by atoms with van der Waals surface area (Å²) in [5.74, 6) is -0.401. The molecule has 1 unspecified atom stereocenters.